The summed E-state index contributed by atoms with van der Waals surface area (Å²) < 4.78 is 39.5. The van der Waals surface area contributed by atoms with Gasteiger partial charge in [0.2, 0.25) is 0 Å². The van der Waals surface area contributed by atoms with Crippen LogP contribution in [-0.2, 0) is 12.7 Å². The number of hydrogen-bond acceptors (Lipinski definition) is 3. The minimum atomic E-state index is -4.38. The molecule has 1 fully saturated rings. The Labute approximate surface area is 167 Å². The van der Waals surface area contributed by atoms with Crippen molar-refractivity contribution >= 4 is 18.0 Å². The third-order valence-corrected chi connectivity index (χ3v) is 5.12. The van der Waals surface area contributed by atoms with E-state index in [2.05, 4.69) is 5.32 Å². The summed E-state index contributed by atoms with van der Waals surface area (Å²) in [7, 11) is 0. The van der Waals surface area contributed by atoms with Crippen molar-refractivity contribution in [2.45, 2.75) is 19.6 Å². The summed E-state index contributed by atoms with van der Waals surface area (Å²) in [6.07, 6.45) is -3.64. The van der Waals surface area contributed by atoms with E-state index >= 15 is 0 Å². The maximum Gasteiger partial charge on any atom is 0.416 e. The maximum atomic E-state index is 13.2. The number of carbonyl (C=O) groups excluding carboxylic acids is 2. The van der Waals surface area contributed by atoms with E-state index in [1.165, 1.54) is 12.1 Å². The number of piperazine rings is 1. The van der Waals surface area contributed by atoms with Crippen LogP contribution in [-0.4, -0.2) is 48.3 Å². The van der Waals surface area contributed by atoms with Crippen LogP contribution in [0.15, 0.2) is 42.5 Å². The predicted octanol–water partition coefficient (Wildman–Crippen LogP) is 4.18. The lowest BCUT2D eigenvalue weighted by atomic mass is 10.1. The van der Waals surface area contributed by atoms with Crippen LogP contribution in [0.2, 0.25) is 0 Å². The van der Waals surface area contributed by atoms with E-state index in [0.29, 0.717) is 43.0 Å². The highest BCUT2D eigenvalue weighted by Gasteiger charge is 2.33. The molecule has 0 aliphatic carbocycles. The maximum absolute atomic E-state index is 13.2. The van der Waals surface area contributed by atoms with Crippen molar-refractivity contribution in [1.82, 2.24) is 9.80 Å². The van der Waals surface area contributed by atoms with E-state index in [1.54, 1.807) is 36.1 Å². The molecule has 1 aliphatic rings. The van der Waals surface area contributed by atoms with Crippen LogP contribution in [0.25, 0.3) is 0 Å². The highest BCUT2D eigenvalue weighted by atomic mass is 19.4. The van der Waals surface area contributed by atoms with Gasteiger partial charge in [-0.25, -0.2) is 4.79 Å². The molecule has 1 N–H and O–H groups in total. The Hall–Kier alpha value is -2.87. The number of benzene rings is 2. The fraction of sp³-hybridized carbons (Fsp3) is 0.333. The lowest BCUT2D eigenvalue weighted by Gasteiger charge is -2.35. The summed E-state index contributed by atoms with van der Waals surface area (Å²) in [6, 6.07) is 10.4. The molecule has 2 aromatic carbocycles. The predicted molar refractivity (Wildman–Crippen MR) is 104 cm³/mol. The first-order valence-electron chi connectivity index (χ1n) is 9.28. The molecular weight excluding hydrogens is 383 g/mol. The van der Waals surface area contributed by atoms with Gasteiger partial charge in [0.25, 0.3) is 0 Å². The molecule has 154 valence electrons. The van der Waals surface area contributed by atoms with Crippen LogP contribution < -0.4 is 5.32 Å². The SMILES string of the molecule is Cc1c(C=O)cccc1NC(=O)N1CCN(Cc2ccccc2C(F)(F)F)CC1. The fourth-order valence-electron chi connectivity index (χ4n) is 3.40. The number of anilines is 1. The van der Waals surface area contributed by atoms with Crippen molar-refractivity contribution in [3.8, 4) is 0 Å². The minimum Gasteiger partial charge on any atom is -0.322 e. The average molecular weight is 405 g/mol. The first-order valence-corrected chi connectivity index (χ1v) is 9.28. The van der Waals surface area contributed by atoms with Gasteiger partial charge in [-0.1, -0.05) is 30.3 Å². The standard InChI is InChI=1S/C21H22F3N3O2/c1-15-17(14-28)6-4-8-19(15)25-20(29)27-11-9-26(10-12-27)13-16-5-2-3-7-18(16)21(22,23)24/h2-8,14H,9-13H2,1H3,(H,25,29). The molecule has 0 saturated carbocycles. The molecule has 3 rings (SSSR count). The lowest BCUT2D eigenvalue weighted by molar-refractivity contribution is -0.138. The number of nitrogens with one attached hydrogen (secondary N) is 1. The van der Waals surface area contributed by atoms with Crippen LogP contribution in [0, 0.1) is 6.92 Å². The van der Waals surface area contributed by atoms with Gasteiger partial charge in [0.05, 0.1) is 5.56 Å². The Morgan fingerprint density at radius 1 is 1.07 bits per heavy atom. The van der Waals surface area contributed by atoms with Crippen LogP contribution >= 0.6 is 0 Å². The Kier molecular flexibility index (Phi) is 6.22. The Morgan fingerprint density at radius 2 is 1.76 bits per heavy atom. The summed E-state index contributed by atoms with van der Waals surface area (Å²) in [5, 5.41) is 2.81. The van der Waals surface area contributed by atoms with E-state index in [0.717, 1.165) is 12.4 Å². The van der Waals surface area contributed by atoms with Gasteiger partial charge in [0.15, 0.2) is 0 Å². The molecule has 5 nitrogen and oxygen atoms in total. The van der Waals surface area contributed by atoms with Gasteiger partial charge in [-0.15, -0.1) is 0 Å². The first-order chi connectivity index (χ1) is 13.8. The minimum absolute atomic E-state index is 0.186. The summed E-state index contributed by atoms with van der Waals surface area (Å²) in [5.41, 5.74) is 1.39. The molecule has 0 atom stereocenters. The number of aldehydes is 1. The quantitative estimate of drug-likeness (QED) is 0.777. The molecular formula is C21H22F3N3O2. The number of amides is 2. The van der Waals surface area contributed by atoms with E-state index in [9.17, 15) is 22.8 Å². The third kappa shape index (κ3) is 4.95. The van der Waals surface area contributed by atoms with E-state index in [1.807, 2.05) is 4.90 Å². The molecule has 1 heterocycles. The van der Waals surface area contributed by atoms with Gasteiger partial charge in [-0.3, -0.25) is 9.69 Å². The summed E-state index contributed by atoms with van der Waals surface area (Å²) in [5.74, 6) is 0. The summed E-state index contributed by atoms with van der Waals surface area (Å²) in [4.78, 5) is 27.1. The number of hydrogen-bond donors (Lipinski definition) is 1. The topological polar surface area (TPSA) is 52.7 Å². The second-order valence-corrected chi connectivity index (χ2v) is 6.99. The molecule has 0 bridgehead atoms. The number of alkyl halides is 3. The van der Waals surface area contributed by atoms with Gasteiger partial charge in [-0.05, 0) is 30.2 Å². The van der Waals surface area contributed by atoms with Gasteiger partial charge < -0.3 is 10.2 Å². The molecule has 1 saturated heterocycles. The van der Waals surface area contributed by atoms with Crippen molar-refractivity contribution in [3.05, 3.63) is 64.7 Å². The number of urea groups is 1. The molecule has 0 radical (unpaired) electrons. The molecule has 1 aliphatic heterocycles. The monoisotopic (exact) mass is 405 g/mol. The zero-order valence-corrected chi connectivity index (χ0v) is 16.0. The number of carbonyl (C=O) groups is 2. The van der Waals surface area contributed by atoms with Crippen molar-refractivity contribution in [2.24, 2.45) is 0 Å². The van der Waals surface area contributed by atoms with E-state index in [4.69, 9.17) is 0 Å². The van der Waals surface area contributed by atoms with Crippen molar-refractivity contribution in [3.63, 3.8) is 0 Å². The first kappa shape index (κ1) is 20.9. The second kappa shape index (κ2) is 8.65. The number of rotatable bonds is 4. The van der Waals surface area contributed by atoms with Crippen molar-refractivity contribution < 1.29 is 22.8 Å². The molecule has 0 unspecified atom stereocenters. The second-order valence-electron chi connectivity index (χ2n) is 6.99. The highest BCUT2D eigenvalue weighted by Crippen LogP contribution is 2.32. The van der Waals surface area contributed by atoms with Crippen LogP contribution in [0.3, 0.4) is 0 Å². The van der Waals surface area contributed by atoms with Gasteiger partial charge in [0, 0.05) is 44.0 Å². The van der Waals surface area contributed by atoms with Crippen molar-refractivity contribution in [1.29, 1.82) is 0 Å². The smallest absolute Gasteiger partial charge is 0.322 e. The Balaban J connectivity index is 1.59. The Bertz CT molecular complexity index is 891. The molecule has 0 spiro atoms. The zero-order chi connectivity index (χ0) is 21.0. The molecule has 0 aromatic heterocycles. The third-order valence-electron chi connectivity index (χ3n) is 5.12. The lowest BCUT2D eigenvalue weighted by Crippen LogP contribution is -2.49. The van der Waals surface area contributed by atoms with Crippen LogP contribution in [0.1, 0.15) is 27.0 Å². The van der Waals surface area contributed by atoms with E-state index < -0.39 is 11.7 Å². The average Bonchev–Trinajstić information content (AvgIpc) is 2.69. The Morgan fingerprint density at radius 3 is 2.41 bits per heavy atom. The van der Waals surface area contributed by atoms with Gasteiger partial charge >= 0.3 is 12.2 Å². The summed E-state index contributed by atoms with van der Waals surface area (Å²) >= 11 is 0. The van der Waals surface area contributed by atoms with Gasteiger partial charge in [0.1, 0.15) is 6.29 Å². The fourth-order valence-corrected chi connectivity index (χ4v) is 3.40. The highest BCUT2D eigenvalue weighted by molar-refractivity contribution is 5.92. The largest absolute Gasteiger partial charge is 0.416 e. The van der Waals surface area contributed by atoms with Crippen molar-refractivity contribution in [2.75, 3.05) is 31.5 Å². The zero-order valence-electron chi connectivity index (χ0n) is 16.0. The molecule has 2 amide bonds. The number of nitrogens with zero attached hydrogens (tertiary/aromatic N) is 2. The van der Waals surface area contributed by atoms with Crippen LogP contribution in [0.5, 0.6) is 0 Å². The number of halogens is 3. The normalized spacial score (nSPS) is 15.2. The van der Waals surface area contributed by atoms with Crippen LogP contribution in [0.4, 0.5) is 23.7 Å². The molecule has 2 aromatic rings. The molecule has 29 heavy (non-hydrogen) atoms. The van der Waals surface area contributed by atoms with Gasteiger partial charge in [-0.2, -0.15) is 13.2 Å². The molecule has 8 heteroatoms. The summed E-state index contributed by atoms with van der Waals surface area (Å²) in [6.45, 7) is 3.72. The van der Waals surface area contributed by atoms with E-state index in [-0.39, 0.29) is 18.1 Å².